The van der Waals surface area contributed by atoms with E-state index < -0.39 is 15.8 Å². The summed E-state index contributed by atoms with van der Waals surface area (Å²) in [7, 11) is -4.01. The molecule has 1 N–H and O–H groups in total. The van der Waals surface area contributed by atoms with Crippen LogP contribution in [0.2, 0.25) is 0 Å². The second kappa shape index (κ2) is 6.24. The average molecular weight is 348 g/mol. The van der Waals surface area contributed by atoms with E-state index in [0.717, 1.165) is 6.07 Å². The van der Waals surface area contributed by atoms with Gasteiger partial charge < -0.3 is 5.32 Å². The normalized spacial score (nSPS) is 13.7. The van der Waals surface area contributed by atoms with Gasteiger partial charge in [-0.15, -0.1) is 0 Å². The van der Waals surface area contributed by atoms with Crippen LogP contribution < -0.4 is 9.62 Å². The molecule has 0 aromatic heterocycles. The van der Waals surface area contributed by atoms with E-state index in [9.17, 15) is 17.6 Å². The SMILES string of the molecule is CCNC(=O)c1cccc2c1CCN2S(=O)(=O)c1ccccc1F. The minimum Gasteiger partial charge on any atom is -0.352 e. The monoisotopic (exact) mass is 348 g/mol. The van der Waals surface area contributed by atoms with Crippen LogP contribution in [0.15, 0.2) is 47.4 Å². The molecule has 5 nitrogen and oxygen atoms in total. The molecule has 2 aromatic carbocycles. The lowest BCUT2D eigenvalue weighted by molar-refractivity contribution is 0.0955. The molecule has 0 saturated heterocycles. The number of halogens is 1. The molecule has 0 saturated carbocycles. The first-order chi connectivity index (χ1) is 11.5. The molecule has 0 bridgehead atoms. The molecule has 0 fully saturated rings. The Balaban J connectivity index is 2.06. The van der Waals surface area contributed by atoms with Gasteiger partial charge in [0, 0.05) is 18.7 Å². The zero-order valence-corrected chi connectivity index (χ0v) is 13.9. The zero-order valence-electron chi connectivity index (χ0n) is 13.1. The Labute approximate surface area is 140 Å². The highest BCUT2D eigenvalue weighted by Crippen LogP contribution is 2.35. The number of fused-ring (bicyclic) bond motifs is 1. The molecule has 1 aliphatic rings. The minimum atomic E-state index is -4.01. The Bertz CT molecular complexity index is 896. The maximum absolute atomic E-state index is 14.0. The quantitative estimate of drug-likeness (QED) is 0.922. The second-order valence-corrected chi connectivity index (χ2v) is 7.25. The van der Waals surface area contributed by atoms with Crippen molar-refractivity contribution in [2.24, 2.45) is 0 Å². The Morgan fingerprint density at radius 1 is 1.21 bits per heavy atom. The molecule has 0 unspecified atom stereocenters. The fraction of sp³-hybridized carbons (Fsp3) is 0.235. The number of hydrogen-bond donors (Lipinski definition) is 1. The Hall–Kier alpha value is -2.41. The molecule has 2 aromatic rings. The molecule has 3 rings (SSSR count). The summed E-state index contributed by atoms with van der Waals surface area (Å²) in [6, 6.07) is 10.2. The molecular formula is C17H17FN2O3S. The summed E-state index contributed by atoms with van der Waals surface area (Å²) in [6.07, 6.45) is 0.413. The third-order valence-corrected chi connectivity index (χ3v) is 5.82. The summed E-state index contributed by atoms with van der Waals surface area (Å²) in [5.41, 5.74) is 1.56. The number of anilines is 1. The molecule has 1 heterocycles. The second-order valence-electron chi connectivity index (χ2n) is 5.42. The van der Waals surface area contributed by atoms with Crippen molar-refractivity contribution >= 4 is 21.6 Å². The Kier molecular flexibility index (Phi) is 4.28. The Morgan fingerprint density at radius 3 is 2.67 bits per heavy atom. The van der Waals surface area contributed by atoms with E-state index in [1.54, 1.807) is 18.2 Å². The van der Waals surface area contributed by atoms with Crippen molar-refractivity contribution in [3.05, 3.63) is 59.4 Å². The van der Waals surface area contributed by atoms with Crippen molar-refractivity contribution < 1.29 is 17.6 Å². The lowest BCUT2D eigenvalue weighted by Gasteiger charge is -2.20. The fourth-order valence-corrected chi connectivity index (χ4v) is 4.46. The van der Waals surface area contributed by atoms with Crippen LogP contribution in [0.4, 0.5) is 10.1 Å². The van der Waals surface area contributed by atoms with Gasteiger partial charge in [-0.2, -0.15) is 0 Å². The van der Waals surface area contributed by atoms with E-state index in [-0.39, 0.29) is 17.3 Å². The van der Waals surface area contributed by atoms with Crippen molar-refractivity contribution in [3.63, 3.8) is 0 Å². The van der Waals surface area contributed by atoms with E-state index in [0.29, 0.717) is 29.8 Å². The molecule has 0 aliphatic carbocycles. The number of carbonyl (C=O) groups excluding carboxylic acids is 1. The lowest BCUT2D eigenvalue weighted by Crippen LogP contribution is -2.29. The molecule has 7 heteroatoms. The number of sulfonamides is 1. The Morgan fingerprint density at radius 2 is 1.96 bits per heavy atom. The zero-order chi connectivity index (χ0) is 17.3. The van der Waals surface area contributed by atoms with Gasteiger partial charge in [0.05, 0.1) is 5.69 Å². The number of amides is 1. The van der Waals surface area contributed by atoms with E-state index in [1.807, 2.05) is 6.92 Å². The predicted molar refractivity (Wildman–Crippen MR) is 89.1 cm³/mol. The van der Waals surface area contributed by atoms with Gasteiger partial charge >= 0.3 is 0 Å². The summed E-state index contributed by atoms with van der Waals surface area (Å²) in [5, 5.41) is 2.72. The number of benzene rings is 2. The van der Waals surface area contributed by atoms with Crippen molar-refractivity contribution in [1.29, 1.82) is 0 Å². The van der Waals surface area contributed by atoms with E-state index in [2.05, 4.69) is 5.32 Å². The van der Waals surface area contributed by atoms with Crippen molar-refractivity contribution in [2.75, 3.05) is 17.4 Å². The summed E-state index contributed by atoms with van der Waals surface area (Å²) >= 11 is 0. The van der Waals surface area contributed by atoms with Crippen LogP contribution in [-0.2, 0) is 16.4 Å². The van der Waals surface area contributed by atoms with E-state index in [4.69, 9.17) is 0 Å². The molecule has 0 spiro atoms. The van der Waals surface area contributed by atoms with Gasteiger partial charge in [-0.25, -0.2) is 12.8 Å². The van der Waals surface area contributed by atoms with Crippen LogP contribution in [0.25, 0.3) is 0 Å². The molecule has 24 heavy (non-hydrogen) atoms. The van der Waals surface area contributed by atoms with E-state index >= 15 is 0 Å². The molecule has 0 radical (unpaired) electrons. The molecular weight excluding hydrogens is 331 g/mol. The maximum atomic E-state index is 14.0. The van der Waals surface area contributed by atoms with Crippen molar-refractivity contribution in [3.8, 4) is 0 Å². The van der Waals surface area contributed by atoms with Gasteiger partial charge in [-0.3, -0.25) is 9.10 Å². The summed E-state index contributed by atoms with van der Waals surface area (Å²) < 4.78 is 40.7. The largest absolute Gasteiger partial charge is 0.352 e. The first-order valence-electron chi connectivity index (χ1n) is 7.64. The standard InChI is InChI=1S/C17H17FN2O3S/c1-2-19-17(21)13-6-5-8-15-12(13)10-11-20(15)24(22,23)16-9-4-3-7-14(16)18/h3-9H,2,10-11H2,1H3,(H,19,21). The summed E-state index contributed by atoms with van der Waals surface area (Å²) in [5.74, 6) is -1.02. The fourth-order valence-electron chi connectivity index (χ4n) is 2.90. The number of nitrogens with zero attached hydrogens (tertiary/aromatic N) is 1. The smallest absolute Gasteiger partial charge is 0.267 e. The van der Waals surface area contributed by atoms with Crippen LogP contribution in [0, 0.1) is 5.82 Å². The number of hydrogen-bond acceptors (Lipinski definition) is 3. The number of carbonyl (C=O) groups is 1. The van der Waals surface area contributed by atoms with Gasteiger partial charge in [0.25, 0.3) is 15.9 Å². The van der Waals surface area contributed by atoms with Gasteiger partial charge in [-0.05, 0) is 43.2 Å². The van der Waals surface area contributed by atoms with Crippen LogP contribution in [0.5, 0.6) is 0 Å². The predicted octanol–water partition coefficient (Wildman–Crippen LogP) is 2.33. The topological polar surface area (TPSA) is 66.5 Å². The van der Waals surface area contributed by atoms with Crippen LogP contribution >= 0.6 is 0 Å². The average Bonchev–Trinajstić information content (AvgIpc) is 3.00. The van der Waals surface area contributed by atoms with Crippen molar-refractivity contribution in [1.82, 2.24) is 5.32 Å². The first-order valence-corrected chi connectivity index (χ1v) is 9.08. The van der Waals surface area contributed by atoms with Crippen molar-refractivity contribution in [2.45, 2.75) is 18.2 Å². The molecule has 0 atom stereocenters. The summed E-state index contributed by atoms with van der Waals surface area (Å²) in [6.45, 7) is 2.48. The molecule has 126 valence electrons. The van der Waals surface area contributed by atoms with Gasteiger partial charge in [-0.1, -0.05) is 18.2 Å². The third-order valence-electron chi connectivity index (χ3n) is 3.97. The summed E-state index contributed by atoms with van der Waals surface area (Å²) in [4.78, 5) is 11.8. The van der Waals surface area contributed by atoms with Gasteiger partial charge in [0.2, 0.25) is 0 Å². The lowest BCUT2D eigenvalue weighted by atomic mass is 10.0. The van der Waals surface area contributed by atoms with Crippen LogP contribution in [0.1, 0.15) is 22.8 Å². The van der Waals surface area contributed by atoms with Gasteiger partial charge in [0.1, 0.15) is 10.7 Å². The molecule has 1 amide bonds. The third kappa shape index (κ3) is 2.65. The van der Waals surface area contributed by atoms with Gasteiger partial charge in [0.15, 0.2) is 0 Å². The maximum Gasteiger partial charge on any atom is 0.267 e. The number of nitrogens with one attached hydrogen (secondary N) is 1. The van der Waals surface area contributed by atoms with Crippen LogP contribution in [-0.4, -0.2) is 27.4 Å². The van der Waals surface area contributed by atoms with Crippen LogP contribution in [0.3, 0.4) is 0 Å². The molecule has 1 aliphatic heterocycles. The van der Waals surface area contributed by atoms with E-state index in [1.165, 1.54) is 22.5 Å². The number of rotatable bonds is 4. The highest BCUT2D eigenvalue weighted by molar-refractivity contribution is 7.92. The highest BCUT2D eigenvalue weighted by Gasteiger charge is 2.34. The highest BCUT2D eigenvalue weighted by atomic mass is 32.2. The first kappa shape index (κ1) is 16.4. The minimum absolute atomic E-state index is 0.183.